The molecule has 2 aliphatic heterocycles. The number of ether oxygens (including phenoxy) is 1. The molecule has 1 saturated carbocycles. The summed E-state index contributed by atoms with van der Waals surface area (Å²) in [5.41, 5.74) is 0.417. The van der Waals surface area contributed by atoms with Gasteiger partial charge in [0.15, 0.2) is 0 Å². The minimum absolute atomic E-state index is 0.417. The first-order valence-electron chi connectivity index (χ1n) is 7.40. The Bertz CT molecular complexity index is 241. The summed E-state index contributed by atoms with van der Waals surface area (Å²) in [6.45, 7) is 7.00. The van der Waals surface area contributed by atoms with E-state index in [1.165, 1.54) is 64.7 Å². The Kier molecular flexibility index (Phi) is 3.69. The zero-order chi connectivity index (χ0) is 11.6. The molecular formula is C14H26N2O. The maximum atomic E-state index is 5.69. The molecule has 1 atom stereocenters. The van der Waals surface area contributed by atoms with Crippen molar-refractivity contribution in [2.45, 2.75) is 44.6 Å². The summed E-state index contributed by atoms with van der Waals surface area (Å²) in [5.74, 6) is 0. The summed E-state index contributed by atoms with van der Waals surface area (Å²) in [5, 5.41) is 3.72. The molecule has 2 heterocycles. The van der Waals surface area contributed by atoms with Crippen molar-refractivity contribution in [2.75, 3.05) is 39.4 Å². The molecule has 0 aromatic carbocycles. The van der Waals surface area contributed by atoms with Gasteiger partial charge in [0.2, 0.25) is 0 Å². The van der Waals surface area contributed by atoms with E-state index in [2.05, 4.69) is 10.2 Å². The largest absolute Gasteiger partial charge is 0.381 e. The smallest absolute Gasteiger partial charge is 0.0547 e. The summed E-state index contributed by atoms with van der Waals surface area (Å²) in [4.78, 5) is 2.67. The van der Waals surface area contributed by atoms with Gasteiger partial charge in [-0.05, 0) is 45.2 Å². The van der Waals surface area contributed by atoms with E-state index in [0.29, 0.717) is 5.41 Å². The summed E-state index contributed by atoms with van der Waals surface area (Å²) in [6, 6.07) is 0.828. The van der Waals surface area contributed by atoms with Crippen LogP contribution in [0, 0.1) is 5.41 Å². The fraction of sp³-hybridized carbons (Fsp3) is 1.00. The molecule has 3 fully saturated rings. The number of nitrogens with zero attached hydrogens (tertiary/aromatic N) is 1. The topological polar surface area (TPSA) is 24.5 Å². The predicted molar refractivity (Wildman–Crippen MR) is 69.2 cm³/mol. The second kappa shape index (κ2) is 5.25. The van der Waals surface area contributed by atoms with Crippen LogP contribution < -0.4 is 5.32 Å². The van der Waals surface area contributed by atoms with Crippen LogP contribution in [0.3, 0.4) is 0 Å². The lowest BCUT2D eigenvalue weighted by Gasteiger charge is -2.36. The minimum Gasteiger partial charge on any atom is -0.381 e. The monoisotopic (exact) mass is 238 g/mol. The molecule has 1 aliphatic carbocycles. The molecule has 0 radical (unpaired) electrons. The fourth-order valence-corrected chi connectivity index (χ4v) is 3.21. The average Bonchev–Trinajstić information content (AvgIpc) is 3.09. The SMILES string of the molecule is C1CCN(CC2(CNC3CC3)CCOC2)CC1. The van der Waals surface area contributed by atoms with Crippen molar-refractivity contribution in [3.8, 4) is 0 Å². The number of nitrogens with one attached hydrogen (secondary N) is 1. The van der Waals surface area contributed by atoms with E-state index in [4.69, 9.17) is 4.74 Å². The molecule has 3 heteroatoms. The third kappa shape index (κ3) is 3.21. The minimum atomic E-state index is 0.417. The lowest BCUT2D eigenvalue weighted by atomic mass is 9.86. The maximum Gasteiger partial charge on any atom is 0.0547 e. The highest BCUT2D eigenvalue weighted by atomic mass is 16.5. The molecule has 0 bridgehead atoms. The third-order valence-electron chi connectivity index (χ3n) is 4.54. The van der Waals surface area contributed by atoms with Gasteiger partial charge < -0.3 is 15.0 Å². The van der Waals surface area contributed by atoms with Crippen LogP contribution in [0.25, 0.3) is 0 Å². The molecule has 2 saturated heterocycles. The molecule has 0 aromatic rings. The van der Waals surface area contributed by atoms with Gasteiger partial charge in [-0.15, -0.1) is 0 Å². The number of rotatable bonds is 5. The average molecular weight is 238 g/mol. The van der Waals surface area contributed by atoms with E-state index >= 15 is 0 Å². The molecule has 0 aromatic heterocycles. The third-order valence-corrected chi connectivity index (χ3v) is 4.54. The zero-order valence-corrected chi connectivity index (χ0v) is 10.9. The van der Waals surface area contributed by atoms with E-state index in [1.54, 1.807) is 0 Å². The standard InChI is InChI=1S/C14H26N2O/c1-2-7-16(8-3-1)11-14(6-9-17-12-14)10-15-13-4-5-13/h13,15H,1-12H2. The van der Waals surface area contributed by atoms with Gasteiger partial charge >= 0.3 is 0 Å². The van der Waals surface area contributed by atoms with E-state index < -0.39 is 0 Å². The van der Waals surface area contributed by atoms with Gasteiger partial charge in [0.05, 0.1) is 6.61 Å². The Morgan fingerprint density at radius 3 is 2.65 bits per heavy atom. The molecule has 3 aliphatic rings. The molecule has 0 spiro atoms. The van der Waals surface area contributed by atoms with Gasteiger partial charge in [0.25, 0.3) is 0 Å². The molecule has 98 valence electrons. The second-order valence-electron chi connectivity index (χ2n) is 6.29. The Hall–Kier alpha value is -0.120. The quantitative estimate of drug-likeness (QED) is 0.788. The predicted octanol–water partition coefficient (Wildman–Crippen LogP) is 1.63. The van der Waals surface area contributed by atoms with Crippen molar-refractivity contribution < 1.29 is 4.74 Å². The van der Waals surface area contributed by atoms with Crippen LogP contribution in [0.5, 0.6) is 0 Å². The van der Waals surface area contributed by atoms with Crippen LogP contribution in [0.2, 0.25) is 0 Å². The molecular weight excluding hydrogens is 212 g/mol. The first kappa shape index (κ1) is 11.9. The zero-order valence-electron chi connectivity index (χ0n) is 10.9. The van der Waals surface area contributed by atoms with E-state index in [1.807, 2.05) is 0 Å². The normalized spacial score (nSPS) is 35.3. The molecule has 3 rings (SSSR count). The van der Waals surface area contributed by atoms with Crippen molar-refractivity contribution in [1.82, 2.24) is 10.2 Å². The van der Waals surface area contributed by atoms with Gasteiger partial charge in [0, 0.05) is 31.2 Å². The highest BCUT2D eigenvalue weighted by Crippen LogP contribution is 2.31. The van der Waals surface area contributed by atoms with Crippen molar-refractivity contribution in [3.05, 3.63) is 0 Å². The van der Waals surface area contributed by atoms with E-state index in [9.17, 15) is 0 Å². The Morgan fingerprint density at radius 2 is 2.00 bits per heavy atom. The summed E-state index contributed by atoms with van der Waals surface area (Å²) >= 11 is 0. The number of hydrogen-bond acceptors (Lipinski definition) is 3. The highest BCUT2D eigenvalue weighted by Gasteiger charge is 2.38. The molecule has 3 nitrogen and oxygen atoms in total. The van der Waals surface area contributed by atoms with E-state index in [-0.39, 0.29) is 0 Å². The second-order valence-corrected chi connectivity index (χ2v) is 6.29. The number of likely N-dealkylation sites (tertiary alicyclic amines) is 1. The number of piperidine rings is 1. The summed E-state index contributed by atoms with van der Waals surface area (Å²) in [6.07, 6.45) is 8.25. The maximum absolute atomic E-state index is 5.69. The van der Waals surface area contributed by atoms with Crippen molar-refractivity contribution in [3.63, 3.8) is 0 Å². The Morgan fingerprint density at radius 1 is 1.18 bits per heavy atom. The first-order valence-corrected chi connectivity index (χ1v) is 7.40. The van der Waals surface area contributed by atoms with E-state index in [0.717, 1.165) is 19.3 Å². The fourth-order valence-electron chi connectivity index (χ4n) is 3.21. The van der Waals surface area contributed by atoms with Crippen LogP contribution >= 0.6 is 0 Å². The van der Waals surface area contributed by atoms with Gasteiger partial charge in [-0.3, -0.25) is 0 Å². The Labute approximate surface area is 105 Å². The summed E-state index contributed by atoms with van der Waals surface area (Å²) < 4.78 is 5.69. The number of hydrogen-bond donors (Lipinski definition) is 1. The van der Waals surface area contributed by atoms with Crippen LogP contribution in [-0.4, -0.2) is 50.3 Å². The van der Waals surface area contributed by atoms with Crippen LogP contribution in [0.4, 0.5) is 0 Å². The van der Waals surface area contributed by atoms with Gasteiger partial charge in [0.1, 0.15) is 0 Å². The van der Waals surface area contributed by atoms with Gasteiger partial charge in [-0.25, -0.2) is 0 Å². The summed E-state index contributed by atoms with van der Waals surface area (Å²) in [7, 11) is 0. The molecule has 0 amide bonds. The van der Waals surface area contributed by atoms with Gasteiger partial charge in [-0.2, -0.15) is 0 Å². The Balaban J connectivity index is 1.53. The van der Waals surface area contributed by atoms with Crippen LogP contribution in [0.15, 0.2) is 0 Å². The van der Waals surface area contributed by atoms with Crippen molar-refractivity contribution in [1.29, 1.82) is 0 Å². The molecule has 17 heavy (non-hydrogen) atoms. The molecule has 1 unspecified atom stereocenters. The lowest BCUT2D eigenvalue weighted by molar-refractivity contribution is 0.0978. The van der Waals surface area contributed by atoms with Crippen LogP contribution in [0.1, 0.15) is 38.5 Å². The molecule has 1 N–H and O–H groups in total. The lowest BCUT2D eigenvalue weighted by Crippen LogP contribution is -2.46. The highest BCUT2D eigenvalue weighted by molar-refractivity contribution is 4.92. The van der Waals surface area contributed by atoms with Crippen LogP contribution in [-0.2, 0) is 4.74 Å². The van der Waals surface area contributed by atoms with Gasteiger partial charge in [-0.1, -0.05) is 6.42 Å². The van der Waals surface area contributed by atoms with Crippen molar-refractivity contribution >= 4 is 0 Å². The van der Waals surface area contributed by atoms with Crippen molar-refractivity contribution in [2.24, 2.45) is 5.41 Å². The first-order chi connectivity index (χ1) is 8.36.